The number of ether oxygens (including phenoxy) is 1. The van der Waals surface area contributed by atoms with Gasteiger partial charge in [-0.05, 0) is 49.3 Å². The molecule has 34 heavy (non-hydrogen) atoms. The fourth-order valence-corrected chi connectivity index (χ4v) is 4.57. The van der Waals surface area contributed by atoms with Crippen LogP contribution in [0.15, 0.2) is 24.3 Å². The predicted octanol–water partition coefficient (Wildman–Crippen LogP) is 2.65. The van der Waals surface area contributed by atoms with Gasteiger partial charge in [0.2, 0.25) is 11.8 Å². The van der Waals surface area contributed by atoms with Crippen molar-refractivity contribution < 1.29 is 19.1 Å². The zero-order valence-electron chi connectivity index (χ0n) is 20.2. The Balaban J connectivity index is 2.00. The number of nitrogens with zero attached hydrogens (tertiary/aromatic N) is 2. The highest BCUT2D eigenvalue weighted by Crippen LogP contribution is 2.36. The molecule has 3 rings (SSSR count). The number of nitriles is 1. The van der Waals surface area contributed by atoms with Crippen LogP contribution in [0.25, 0.3) is 10.9 Å². The van der Waals surface area contributed by atoms with Crippen molar-refractivity contribution >= 4 is 28.6 Å². The van der Waals surface area contributed by atoms with Crippen LogP contribution in [0.1, 0.15) is 63.0 Å². The first-order valence-electron chi connectivity index (χ1n) is 11.5. The van der Waals surface area contributed by atoms with E-state index in [0.717, 1.165) is 6.42 Å². The lowest BCUT2D eigenvalue weighted by Gasteiger charge is -2.30. The number of nitrogens with one attached hydrogen (secondary N) is 2. The molecule has 0 unspecified atom stereocenters. The molecule has 0 spiro atoms. The number of nitrogens with two attached hydrogens (primary N) is 1. The third-order valence-corrected chi connectivity index (χ3v) is 6.13. The van der Waals surface area contributed by atoms with Crippen molar-refractivity contribution in [2.75, 3.05) is 13.7 Å². The maximum absolute atomic E-state index is 13.6. The van der Waals surface area contributed by atoms with Crippen molar-refractivity contribution in [3.05, 3.63) is 30.0 Å². The number of benzene rings is 1. The van der Waals surface area contributed by atoms with Crippen molar-refractivity contribution in [2.45, 2.75) is 58.5 Å². The second-order valence-corrected chi connectivity index (χ2v) is 9.99. The van der Waals surface area contributed by atoms with Crippen LogP contribution in [-0.4, -0.2) is 42.0 Å². The van der Waals surface area contributed by atoms with Gasteiger partial charge in [0.25, 0.3) is 5.91 Å². The summed E-state index contributed by atoms with van der Waals surface area (Å²) in [4.78, 5) is 38.2. The molecule has 0 radical (unpaired) electrons. The quantitative estimate of drug-likeness (QED) is 0.548. The molecule has 4 N–H and O–H groups in total. The van der Waals surface area contributed by atoms with Crippen molar-refractivity contribution in [3.63, 3.8) is 0 Å². The minimum Gasteiger partial charge on any atom is -0.496 e. The second kappa shape index (κ2) is 10.2. The van der Waals surface area contributed by atoms with Gasteiger partial charge in [-0.1, -0.05) is 26.8 Å². The number of piperidine rings is 1. The number of rotatable bonds is 8. The molecule has 1 aromatic heterocycles. The van der Waals surface area contributed by atoms with E-state index >= 15 is 0 Å². The molecule has 1 aliphatic heterocycles. The Morgan fingerprint density at radius 2 is 2.12 bits per heavy atom. The van der Waals surface area contributed by atoms with E-state index in [4.69, 9.17) is 10.5 Å². The second-order valence-electron chi connectivity index (χ2n) is 9.99. The van der Waals surface area contributed by atoms with Gasteiger partial charge in [-0.2, -0.15) is 5.26 Å². The summed E-state index contributed by atoms with van der Waals surface area (Å²) in [6.07, 6.45) is 2.15. The molecule has 0 bridgehead atoms. The van der Waals surface area contributed by atoms with Crippen LogP contribution in [0.2, 0.25) is 0 Å². The van der Waals surface area contributed by atoms with Gasteiger partial charge in [0.1, 0.15) is 23.5 Å². The molecule has 9 nitrogen and oxygen atoms in total. The molecule has 1 aliphatic rings. The van der Waals surface area contributed by atoms with E-state index in [1.807, 2.05) is 20.8 Å². The first kappa shape index (κ1) is 25.1. The summed E-state index contributed by atoms with van der Waals surface area (Å²) >= 11 is 0. The summed E-state index contributed by atoms with van der Waals surface area (Å²) in [7, 11) is 1.54. The van der Waals surface area contributed by atoms with Gasteiger partial charge in [-0.25, -0.2) is 0 Å². The minimum atomic E-state index is -0.836. The van der Waals surface area contributed by atoms with Gasteiger partial charge < -0.3 is 25.7 Å². The monoisotopic (exact) mass is 467 g/mol. The van der Waals surface area contributed by atoms with Crippen molar-refractivity contribution in [2.24, 2.45) is 17.1 Å². The van der Waals surface area contributed by atoms with Crippen LogP contribution in [0.3, 0.4) is 0 Å². The van der Waals surface area contributed by atoms with Gasteiger partial charge in [-0.3, -0.25) is 14.4 Å². The molecular formula is C25H33N5O4. The van der Waals surface area contributed by atoms with Gasteiger partial charge in [0, 0.05) is 17.8 Å². The number of methoxy groups -OCH3 is 1. The summed E-state index contributed by atoms with van der Waals surface area (Å²) in [5.74, 6) is -0.919. The van der Waals surface area contributed by atoms with Gasteiger partial charge >= 0.3 is 0 Å². The molecule has 182 valence electrons. The highest BCUT2D eigenvalue weighted by molar-refractivity contribution is 6.01. The number of primary amides is 1. The molecular weight excluding hydrogens is 434 g/mol. The molecule has 1 saturated heterocycles. The van der Waals surface area contributed by atoms with Gasteiger partial charge in [0.15, 0.2) is 0 Å². The Kier molecular flexibility index (Phi) is 7.50. The first-order valence-corrected chi connectivity index (χ1v) is 11.5. The lowest BCUT2D eigenvalue weighted by molar-refractivity contribution is -0.128. The van der Waals surface area contributed by atoms with Crippen LogP contribution in [0, 0.1) is 22.7 Å². The Morgan fingerprint density at radius 3 is 2.71 bits per heavy atom. The van der Waals surface area contributed by atoms with E-state index < -0.39 is 23.9 Å². The summed E-state index contributed by atoms with van der Waals surface area (Å²) in [6, 6.07) is 7.49. The standard InChI is InChI=1S/C25H33N5O4/c1-25(2,3)13-20(24(33)29-16(14-26)11-15-7-6-10-28-23(15)32)30-18-8-5-9-21(34-4)17(18)12-19(30)22(27)31/h5,8-9,12,15-16,20H,6-7,10-11,13H2,1-4H3,(H2,27,31)(H,28,32)(H,29,33)/t15-,16-,20-/m0/s1. The smallest absolute Gasteiger partial charge is 0.265 e. The first-order chi connectivity index (χ1) is 16.1. The van der Waals surface area contributed by atoms with Gasteiger partial charge in [-0.15, -0.1) is 0 Å². The number of carbonyl (C=O) groups is 3. The Morgan fingerprint density at radius 1 is 1.38 bits per heavy atom. The zero-order chi connectivity index (χ0) is 25.0. The molecule has 1 aromatic carbocycles. The predicted molar refractivity (Wildman–Crippen MR) is 128 cm³/mol. The van der Waals surface area contributed by atoms with Crippen LogP contribution in [0.5, 0.6) is 5.75 Å². The van der Waals surface area contributed by atoms with Gasteiger partial charge in [0.05, 0.1) is 18.7 Å². The average molecular weight is 468 g/mol. The Bertz CT molecular complexity index is 1120. The van der Waals surface area contributed by atoms with Crippen LogP contribution >= 0.6 is 0 Å². The van der Waals surface area contributed by atoms with Crippen molar-refractivity contribution in [1.29, 1.82) is 5.26 Å². The summed E-state index contributed by atoms with van der Waals surface area (Å²) in [6.45, 7) is 6.62. The normalized spacial score (nSPS) is 18.0. The lowest BCUT2D eigenvalue weighted by Crippen LogP contribution is -2.44. The van der Waals surface area contributed by atoms with Crippen molar-refractivity contribution in [3.8, 4) is 11.8 Å². The number of aromatic nitrogens is 1. The van der Waals surface area contributed by atoms with E-state index in [1.165, 1.54) is 7.11 Å². The molecule has 1 fully saturated rings. The molecule has 0 saturated carbocycles. The third kappa shape index (κ3) is 5.50. The van der Waals surface area contributed by atoms with E-state index in [-0.39, 0.29) is 29.4 Å². The number of amides is 3. The molecule has 0 aliphatic carbocycles. The maximum Gasteiger partial charge on any atom is 0.265 e. The van der Waals surface area contributed by atoms with Crippen LogP contribution < -0.4 is 21.1 Å². The fourth-order valence-electron chi connectivity index (χ4n) is 4.57. The number of hydrogen-bond donors (Lipinski definition) is 3. The molecule has 2 heterocycles. The summed E-state index contributed by atoms with van der Waals surface area (Å²) in [5.41, 5.74) is 6.25. The number of fused-ring (bicyclic) bond motifs is 1. The van der Waals surface area contributed by atoms with E-state index in [9.17, 15) is 19.6 Å². The van der Waals surface area contributed by atoms with Crippen LogP contribution in [-0.2, 0) is 9.59 Å². The van der Waals surface area contributed by atoms with Crippen LogP contribution in [0.4, 0.5) is 0 Å². The number of hydrogen-bond acceptors (Lipinski definition) is 5. The maximum atomic E-state index is 13.6. The Labute approximate surface area is 199 Å². The topological polar surface area (TPSA) is 139 Å². The van der Waals surface area contributed by atoms with E-state index in [2.05, 4.69) is 16.7 Å². The molecule has 3 amide bonds. The number of carbonyl (C=O) groups excluding carboxylic acids is 3. The summed E-state index contributed by atoms with van der Waals surface area (Å²) < 4.78 is 7.09. The molecule has 2 aromatic rings. The largest absolute Gasteiger partial charge is 0.496 e. The summed E-state index contributed by atoms with van der Waals surface area (Å²) in [5, 5.41) is 16.0. The highest BCUT2D eigenvalue weighted by atomic mass is 16.5. The molecule has 3 atom stereocenters. The average Bonchev–Trinajstić information content (AvgIpc) is 3.17. The lowest BCUT2D eigenvalue weighted by atomic mass is 9.87. The Hall–Kier alpha value is -3.54. The highest BCUT2D eigenvalue weighted by Gasteiger charge is 2.33. The van der Waals surface area contributed by atoms with Crippen molar-refractivity contribution in [1.82, 2.24) is 15.2 Å². The SMILES string of the molecule is COc1cccc2c1cc(C(N)=O)n2[C@@H](CC(C)(C)C)C(=O)N[C@H](C#N)C[C@@H]1CCCNC1=O. The third-order valence-electron chi connectivity index (χ3n) is 6.13. The van der Waals surface area contributed by atoms with E-state index in [1.54, 1.807) is 28.8 Å². The molecule has 9 heteroatoms. The minimum absolute atomic E-state index is 0.0912. The van der Waals surface area contributed by atoms with E-state index in [0.29, 0.717) is 36.0 Å². The zero-order valence-corrected chi connectivity index (χ0v) is 20.2. The fraction of sp³-hybridized carbons (Fsp3) is 0.520.